The van der Waals surface area contributed by atoms with Crippen LogP contribution in [0.25, 0.3) is 6.08 Å². The van der Waals surface area contributed by atoms with Crippen LogP contribution in [-0.4, -0.2) is 48.9 Å². The van der Waals surface area contributed by atoms with E-state index in [1.165, 1.54) is 12.1 Å². The summed E-state index contributed by atoms with van der Waals surface area (Å²) in [5.41, 5.74) is 2.52. The van der Waals surface area contributed by atoms with Crippen LogP contribution in [0.4, 0.5) is 4.39 Å². The third kappa shape index (κ3) is 3.40. The number of methoxy groups -OCH3 is 1. The Morgan fingerprint density at radius 1 is 1.28 bits per heavy atom. The van der Waals surface area contributed by atoms with Crippen molar-refractivity contribution in [2.45, 2.75) is 24.5 Å². The molecule has 1 fully saturated rings. The number of fused-ring (bicyclic) bond motifs is 1. The first-order chi connectivity index (χ1) is 15.6. The molecular formula is C24H24FN3O4. The average molecular weight is 437 g/mol. The second-order valence-corrected chi connectivity index (χ2v) is 8.04. The smallest absolute Gasteiger partial charge is 0.260 e. The van der Waals surface area contributed by atoms with Crippen LogP contribution in [0, 0.1) is 5.82 Å². The highest BCUT2D eigenvalue weighted by Crippen LogP contribution is 2.40. The minimum absolute atomic E-state index is 0.0744. The summed E-state index contributed by atoms with van der Waals surface area (Å²) in [6, 6.07) is 12.0. The fourth-order valence-corrected chi connectivity index (χ4v) is 4.49. The summed E-state index contributed by atoms with van der Waals surface area (Å²) in [5.74, 6) is 1.20. The zero-order valence-electron chi connectivity index (χ0n) is 17.7. The van der Waals surface area contributed by atoms with Crippen LogP contribution in [0.2, 0.25) is 0 Å². The van der Waals surface area contributed by atoms with Gasteiger partial charge in [-0.2, -0.15) is 0 Å². The lowest BCUT2D eigenvalue weighted by molar-refractivity contribution is -0.137. The summed E-state index contributed by atoms with van der Waals surface area (Å²) in [6.45, 7) is 0.885. The topological polar surface area (TPSA) is 75.9 Å². The van der Waals surface area contributed by atoms with Gasteiger partial charge in [-0.3, -0.25) is 0 Å². The molecule has 0 radical (unpaired) electrons. The van der Waals surface area contributed by atoms with E-state index in [4.69, 9.17) is 14.4 Å². The van der Waals surface area contributed by atoms with Gasteiger partial charge in [0.05, 0.1) is 19.2 Å². The predicted octanol–water partition coefficient (Wildman–Crippen LogP) is 3.60. The number of oxime groups is 2. The highest BCUT2D eigenvalue weighted by molar-refractivity contribution is 6.03. The van der Waals surface area contributed by atoms with Gasteiger partial charge in [0.1, 0.15) is 24.8 Å². The van der Waals surface area contributed by atoms with Crippen LogP contribution in [-0.2, 0) is 15.4 Å². The van der Waals surface area contributed by atoms with Crippen molar-refractivity contribution >= 4 is 18.1 Å². The van der Waals surface area contributed by atoms with Gasteiger partial charge >= 0.3 is 0 Å². The molecule has 8 heteroatoms. The maximum atomic E-state index is 13.4. The predicted molar refractivity (Wildman–Crippen MR) is 118 cm³/mol. The summed E-state index contributed by atoms with van der Waals surface area (Å²) in [4.78, 5) is 12.9. The van der Waals surface area contributed by atoms with Crippen molar-refractivity contribution < 1.29 is 23.9 Å². The molecule has 0 aromatic heterocycles. The van der Waals surface area contributed by atoms with Gasteiger partial charge in [0.2, 0.25) is 0 Å². The number of rotatable bonds is 5. The number of amidine groups is 1. The molecule has 0 saturated carbocycles. The number of halogens is 1. The number of benzene rings is 2. The maximum Gasteiger partial charge on any atom is 0.260 e. The molecule has 2 atom stereocenters. The van der Waals surface area contributed by atoms with Crippen molar-refractivity contribution in [1.82, 2.24) is 4.90 Å². The second-order valence-electron chi connectivity index (χ2n) is 8.04. The number of piperidine rings is 1. The molecule has 166 valence electrons. The van der Waals surface area contributed by atoms with E-state index in [1.807, 2.05) is 23.1 Å². The van der Waals surface area contributed by atoms with E-state index in [0.29, 0.717) is 24.6 Å². The zero-order valence-corrected chi connectivity index (χ0v) is 17.7. The highest BCUT2D eigenvalue weighted by Gasteiger charge is 2.49. The van der Waals surface area contributed by atoms with Gasteiger partial charge in [0, 0.05) is 17.7 Å². The summed E-state index contributed by atoms with van der Waals surface area (Å²) in [5, 5.41) is 18.5. The van der Waals surface area contributed by atoms with E-state index < -0.39 is 5.72 Å². The van der Waals surface area contributed by atoms with E-state index >= 15 is 0 Å². The minimum atomic E-state index is -1.15. The van der Waals surface area contributed by atoms with Crippen LogP contribution in [0.15, 0.2) is 58.3 Å². The molecule has 5 rings (SSSR count). The molecule has 32 heavy (non-hydrogen) atoms. The summed E-state index contributed by atoms with van der Waals surface area (Å²) >= 11 is 0. The molecule has 7 nitrogen and oxygen atoms in total. The summed E-state index contributed by atoms with van der Waals surface area (Å²) < 4.78 is 19.1. The molecule has 2 aromatic carbocycles. The SMILES string of the molecule is COc1cc(/C=C2\CCCN3C2=NOC3(CO)c2ccc(F)cc2)ccc1C1C=NOC1. The number of nitrogens with zero attached hydrogens (tertiary/aromatic N) is 3. The largest absolute Gasteiger partial charge is 0.496 e. The van der Waals surface area contributed by atoms with E-state index in [1.54, 1.807) is 25.5 Å². The lowest BCUT2D eigenvalue weighted by Gasteiger charge is -2.38. The van der Waals surface area contributed by atoms with Gasteiger partial charge in [0.15, 0.2) is 5.84 Å². The number of aliphatic hydroxyl groups excluding tert-OH is 1. The number of hydrogen-bond acceptors (Lipinski definition) is 7. The molecule has 0 aliphatic carbocycles. The molecule has 1 saturated heterocycles. The lowest BCUT2D eigenvalue weighted by Crippen LogP contribution is -2.51. The number of aliphatic hydroxyl groups is 1. The van der Waals surface area contributed by atoms with E-state index in [2.05, 4.69) is 16.4 Å². The molecule has 0 spiro atoms. The number of ether oxygens (including phenoxy) is 1. The van der Waals surface area contributed by atoms with Gasteiger partial charge in [0.25, 0.3) is 5.72 Å². The summed E-state index contributed by atoms with van der Waals surface area (Å²) in [7, 11) is 1.65. The fourth-order valence-electron chi connectivity index (χ4n) is 4.49. The second kappa shape index (κ2) is 8.27. The molecule has 0 amide bonds. The molecule has 0 bridgehead atoms. The first kappa shape index (κ1) is 20.5. The minimum Gasteiger partial charge on any atom is -0.496 e. The van der Waals surface area contributed by atoms with E-state index in [-0.39, 0.29) is 18.3 Å². The Hall–Kier alpha value is -3.39. The third-order valence-corrected chi connectivity index (χ3v) is 6.17. The Labute approximate surface area is 185 Å². The van der Waals surface area contributed by atoms with Gasteiger partial charge < -0.3 is 24.4 Å². The Morgan fingerprint density at radius 3 is 2.84 bits per heavy atom. The van der Waals surface area contributed by atoms with Crippen molar-refractivity contribution in [3.05, 3.63) is 70.5 Å². The number of hydrogen-bond donors (Lipinski definition) is 1. The Morgan fingerprint density at radius 2 is 2.12 bits per heavy atom. The normalized spacial score (nSPS) is 25.3. The van der Waals surface area contributed by atoms with Crippen LogP contribution >= 0.6 is 0 Å². The van der Waals surface area contributed by atoms with Crippen molar-refractivity contribution in [3.8, 4) is 5.75 Å². The van der Waals surface area contributed by atoms with Crippen LogP contribution in [0.5, 0.6) is 5.75 Å². The van der Waals surface area contributed by atoms with E-state index in [9.17, 15) is 9.50 Å². The quantitative estimate of drug-likeness (QED) is 0.774. The monoisotopic (exact) mass is 437 g/mol. The van der Waals surface area contributed by atoms with Gasteiger partial charge in [-0.1, -0.05) is 22.4 Å². The highest BCUT2D eigenvalue weighted by atomic mass is 19.1. The van der Waals surface area contributed by atoms with Gasteiger partial charge in [-0.15, -0.1) is 0 Å². The zero-order chi connectivity index (χ0) is 22.1. The van der Waals surface area contributed by atoms with Gasteiger partial charge in [-0.05, 0) is 60.4 Å². The molecule has 3 heterocycles. The first-order valence-electron chi connectivity index (χ1n) is 10.6. The molecule has 3 aliphatic heterocycles. The average Bonchev–Trinajstić information content (AvgIpc) is 3.49. The Kier molecular flexibility index (Phi) is 5.30. The van der Waals surface area contributed by atoms with Crippen molar-refractivity contribution in [2.24, 2.45) is 10.3 Å². The van der Waals surface area contributed by atoms with Crippen LogP contribution in [0.1, 0.15) is 35.4 Å². The lowest BCUT2D eigenvalue weighted by atomic mass is 9.94. The third-order valence-electron chi connectivity index (χ3n) is 6.17. The van der Waals surface area contributed by atoms with Crippen molar-refractivity contribution in [2.75, 3.05) is 26.9 Å². The van der Waals surface area contributed by atoms with E-state index in [0.717, 1.165) is 35.3 Å². The molecule has 2 aromatic rings. The maximum absolute atomic E-state index is 13.4. The van der Waals surface area contributed by atoms with Gasteiger partial charge in [-0.25, -0.2) is 4.39 Å². The molecular weight excluding hydrogens is 413 g/mol. The molecule has 2 unspecified atom stereocenters. The van der Waals surface area contributed by atoms with Crippen LogP contribution < -0.4 is 4.74 Å². The fraction of sp³-hybridized carbons (Fsp3) is 0.333. The Bertz CT molecular complexity index is 1100. The first-order valence-corrected chi connectivity index (χ1v) is 10.6. The summed E-state index contributed by atoms with van der Waals surface area (Å²) in [6.07, 6.45) is 5.56. The molecule has 1 N–H and O–H groups in total. The molecule has 3 aliphatic rings. The van der Waals surface area contributed by atoms with Crippen LogP contribution in [0.3, 0.4) is 0 Å². The Balaban J connectivity index is 1.45. The van der Waals surface area contributed by atoms with Crippen molar-refractivity contribution in [1.29, 1.82) is 0 Å². The van der Waals surface area contributed by atoms with Crippen molar-refractivity contribution in [3.63, 3.8) is 0 Å². The standard InChI is InChI=1S/C24H24FN3O4/c1-30-22-12-16(4-9-21(22)18-13-26-31-14-18)11-17-3-2-10-28-23(17)27-32-24(28,15-29)19-5-7-20(25)8-6-19/h4-9,11-13,18,29H,2-3,10,14-15H2,1H3/b17-11+.